The Morgan fingerprint density at radius 1 is 1.12 bits per heavy atom. The molecule has 2 atom stereocenters. The average molecular weight is 242 g/mol. The third-order valence-electron chi connectivity index (χ3n) is 2.42. The minimum atomic E-state index is -1.07. The molecule has 1 aromatic carbocycles. The van der Waals surface area contributed by atoms with Gasteiger partial charge in [0.2, 0.25) is 0 Å². The number of ether oxygens (including phenoxy) is 2. The Morgan fingerprint density at radius 2 is 1.76 bits per heavy atom. The highest BCUT2D eigenvalue weighted by molar-refractivity contribution is 5.26. The van der Waals surface area contributed by atoms with Crippen LogP contribution in [0.3, 0.4) is 0 Å². The highest BCUT2D eigenvalue weighted by Crippen LogP contribution is 2.13. The van der Waals surface area contributed by atoms with Gasteiger partial charge in [-0.2, -0.15) is 0 Å². The summed E-state index contributed by atoms with van der Waals surface area (Å²) in [6, 6.07) is 7.27. The van der Waals surface area contributed by atoms with Gasteiger partial charge in [-0.05, 0) is 17.7 Å². The quantitative estimate of drug-likeness (QED) is 0.623. The van der Waals surface area contributed by atoms with Crippen LogP contribution < -0.4 is 4.74 Å². The Balaban J connectivity index is 2.47. The first-order valence-corrected chi connectivity index (χ1v) is 5.35. The molecule has 0 fully saturated rings. The van der Waals surface area contributed by atoms with E-state index in [0.717, 1.165) is 11.3 Å². The number of rotatable bonds is 7. The first-order valence-electron chi connectivity index (χ1n) is 5.35. The van der Waals surface area contributed by atoms with Gasteiger partial charge in [-0.1, -0.05) is 12.1 Å². The first-order chi connectivity index (χ1) is 8.21. The van der Waals surface area contributed by atoms with E-state index in [-0.39, 0.29) is 13.2 Å². The average Bonchev–Trinajstić information content (AvgIpc) is 2.39. The van der Waals surface area contributed by atoms with Crippen LogP contribution in [0.15, 0.2) is 24.3 Å². The van der Waals surface area contributed by atoms with E-state index in [1.54, 1.807) is 19.2 Å². The summed E-state index contributed by atoms with van der Waals surface area (Å²) < 4.78 is 10.3. The minimum absolute atomic E-state index is 0.256. The first kappa shape index (κ1) is 13.9. The van der Waals surface area contributed by atoms with E-state index in [4.69, 9.17) is 19.7 Å². The van der Waals surface area contributed by atoms with E-state index in [1.807, 2.05) is 12.1 Å². The van der Waals surface area contributed by atoms with Crippen molar-refractivity contribution in [2.24, 2.45) is 0 Å². The molecule has 0 heterocycles. The van der Waals surface area contributed by atoms with Crippen LogP contribution in [0.4, 0.5) is 0 Å². The number of methoxy groups -OCH3 is 1. The van der Waals surface area contributed by atoms with E-state index in [2.05, 4.69) is 0 Å². The predicted molar refractivity (Wildman–Crippen MR) is 61.7 cm³/mol. The van der Waals surface area contributed by atoms with Gasteiger partial charge in [0.05, 0.1) is 26.9 Å². The Morgan fingerprint density at radius 3 is 2.24 bits per heavy atom. The molecule has 0 aliphatic heterocycles. The molecule has 5 nitrogen and oxygen atoms in total. The van der Waals surface area contributed by atoms with Gasteiger partial charge in [-0.15, -0.1) is 0 Å². The normalized spacial score (nSPS) is 14.4. The summed E-state index contributed by atoms with van der Waals surface area (Å²) in [5.41, 5.74) is 0.898. The van der Waals surface area contributed by atoms with Crippen LogP contribution in [0.1, 0.15) is 5.56 Å². The van der Waals surface area contributed by atoms with Gasteiger partial charge in [0.15, 0.2) is 0 Å². The molecule has 0 radical (unpaired) electrons. The minimum Gasteiger partial charge on any atom is -0.497 e. The van der Waals surface area contributed by atoms with Crippen molar-refractivity contribution in [2.75, 3.05) is 20.3 Å². The lowest BCUT2D eigenvalue weighted by Gasteiger charge is -2.19. The van der Waals surface area contributed by atoms with E-state index < -0.39 is 18.8 Å². The van der Waals surface area contributed by atoms with Crippen molar-refractivity contribution in [3.63, 3.8) is 0 Å². The van der Waals surface area contributed by atoms with E-state index in [9.17, 15) is 5.11 Å². The van der Waals surface area contributed by atoms with Gasteiger partial charge < -0.3 is 24.8 Å². The molecule has 0 saturated heterocycles. The van der Waals surface area contributed by atoms with Crippen molar-refractivity contribution >= 4 is 0 Å². The van der Waals surface area contributed by atoms with Crippen molar-refractivity contribution in [3.05, 3.63) is 29.8 Å². The zero-order chi connectivity index (χ0) is 12.7. The molecule has 17 heavy (non-hydrogen) atoms. The summed E-state index contributed by atoms with van der Waals surface area (Å²) in [5, 5.41) is 27.0. The van der Waals surface area contributed by atoms with Crippen LogP contribution in [-0.2, 0) is 11.3 Å². The fraction of sp³-hybridized carbons (Fsp3) is 0.500. The van der Waals surface area contributed by atoms with Crippen molar-refractivity contribution < 1.29 is 24.8 Å². The van der Waals surface area contributed by atoms with Crippen molar-refractivity contribution in [2.45, 2.75) is 18.8 Å². The third-order valence-corrected chi connectivity index (χ3v) is 2.42. The standard InChI is InChI=1S/C12H18O5/c1-16-10-4-2-9(3-5-10)8-17-12(7-14)11(15)6-13/h2-5,11-15H,6-8H2,1H3. The third kappa shape index (κ3) is 4.32. The van der Waals surface area contributed by atoms with Crippen LogP contribution in [0, 0.1) is 0 Å². The molecule has 96 valence electrons. The molecule has 0 aliphatic carbocycles. The van der Waals surface area contributed by atoms with Crippen molar-refractivity contribution in [1.29, 1.82) is 0 Å². The van der Waals surface area contributed by atoms with Crippen LogP contribution in [0.2, 0.25) is 0 Å². The van der Waals surface area contributed by atoms with Gasteiger partial charge in [0.1, 0.15) is 18.0 Å². The van der Waals surface area contributed by atoms with Gasteiger partial charge in [0.25, 0.3) is 0 Å². The molecule has 2 unspecified atom stereocenters. The number of hydrogen-bond acceptors (Lipinski definition) is 5. The molecule has 0 spiro atoms. The summed E-state index contributed by atoms with van der Waals surface area (Å²) in [7, 11) is 1.59. The zero-order valence-corrected chi connectivity index (χ0v) is 9.74. The molecule has 1 rings (SSSR count). The highest BCUT2D eigenvalue weighted by Gasteiger charge is 2.17. The van der Waals surface area contributed by atoms with E-state index >= 15 is 0 Å². The van der Waals surface area contributed by atoms with Gasteiger partial charge in [-0.3, -0.25) is 0 Å². The molecular formula is C12H18O5. The maximum absolute atomic E-state index is 9.32. The SMILES string of the molecule is COc1ccc(COC(CO)C(O)CO)cc1. The molecule has 0 aliphatic rings. The fourth-order valence-corrected chi connectivity index (χ4v) is 1.33. The van der Waals surface area contributed by atoms with Crippen molar-refractivity contribution in [3.8, 4) is 5.75 Å². The Kier molecular flexibility index (Phi) is 5.93. The second kappa shape index (κ2) is 7.24. The molecule has 0 amide bonds. The maximum Gasteiger partial charge on any atom is 0.118 e. The summed E-state index contributed by atoms with van der Waals surface area (Å²) in [6.07, 6.45) is -1.85. The highest BCUT2D eigenvalue weighted by atomic mass is 16.5. The maximum atomic E-state index is 9.32. The Labute approximate surface area is 100 Å². The number of aliphatic hydroxyl groups excluding tert-OH is 3. The Hall–Kier alpha value is -1.14. The largest absolute Gasteiger partial charge is 0.497 e. The van der Waals surface area contributed by atoms with Crippen LogP contribution in [-0.4, -0.2) is 47.9 Å². The second-order valence-corrected chi connectivity index (χ2v) is 3.63. The smallest absolute Gasteiger partial charge is 0.118 e. The molecule has 0 saturated carbocycles. The monoisotopic (exact) mass is 242 g/mol. The molecule has 5 heteroatoms. The van der Waals surface area contributed by atoms with Crippen LogP contribution >= 0.6 is 0 Å². The Bertz CT molecular complexity index is 311. The molecule has 0 aromatic heterocycles. The van der Waals surface area contributed by atoms with E-state index in [0.29, 0.717) is 0 Å². The predicted octanol–water partition coefficient (Wildman–Crippen LogP) is -0.0741. The zero-order valence-electron chi connectivity index (χ0n) is 9.74. The lowest BCUT2D eigenvalue weighted by molar-refractivity contribution is -0.0860. The summed E-state index contributed by atoms with van der Waals surface area (Å²) in [6.45, 7) is -0.516. The second-order valence-electron chi connectivity index (χ2n) is 3.63. The molecular weight excluding hydrogens is 224 g/mol. The summed E-state index contributed by atoms with van der Waals surface area (Å²) >= 11 is 0. The van der Waals surface area contributed by atoms with Crippen molar-refractivity contribution in [1.82, 2.24) is 0 Å². The van der Waals surface area contributed by atoms with Crippen LogP contribution in [0.5, 0.6) is 5.75 Å². The molecule has 0 bridgehead atoms. The topological polar surface area (TPSA) is 79.2 Å². The van der Waals surface area contributed by atoms with Gasteiger partial charge >= 0.3 is 0 Å². The summed E-state index contributed by atoms with van der Waals surface area (Å²) in [4.78, 5) is 0. The van der Waals surface area contributed by atoms with Gasteiger partial charge in [0, 0.05) is 0 Å². The van der Waals surface area contributed by atoms with E-state index in [1.165, 1.54) is 0 Å². The number of aliphatic hydroxyl groups is 3. The lowest BCUT2D eigenvalue weighted by atomic mass is 10.2. The summed E-state index contributed by atoms with van der Waals surface area (Å²) in [5.74, 6) is 0.753. The lowest BCUT2D eigenvalue weighted by Crippen LogP contribution is -2.34. The van der Waals surface area contributed by atoms with Gasteiger partial charge in [-0.25, -0.2) is 0 Å². The molecule has 1 aromatic rings. The number of hydrogen-bond donors (Lipinski definition) is 3. The van der Waals surface area contributed by atoms with Crippen LogP contribution in [0.25, 0.3) is 0 Å². The molecule has 3 N–H and O–H groups in total. The fourth-order valence-electron chi connectivity index (χ4n) is 1.33. The number of benzene rings is 1.